The molecule has 0 aromatic carbocycles. The summed E-state index contributed by atoms with van der Waals surface area (Å²) in [4.78, 5) is 16.0. The maximum atomic E-state index is 10.7. The summed E-state index contributed by atoms with van der Waals surface area (Å²) in [6.45, 7) is 4.06. The van der Waals surface area contributed by atoms with Crippen molar-refractivity contribution >= 4 is 11.7 Å². The third kappa shape index (κ3) is 3.12. The van der Waals surface area contributed by atoms with Crippen molar-refractivity contribution < 1.29 is 44.3 Å². The first-order chi connectivity index (χ1) is 7.51. The van der Waals surface area contributed by atoms with E-state index in [2.05, 4.69) is 18.2 Å². The van der Waals surface area contributed by atoms with Gasteiger partial charge < -0.3 is 14.7 Å². The van der Waals surface area contributed by atoms with Gasteiger partial charge in [0.05, 0.1) is 5.97 Å². The van der Waals surface area contributed by atoms with Crippen LogP contribution in [0.15, 0.2) is 16.8 Å². The monoisotopic (exact) mass is 245 g/mol. The normalized spacial score (nSPS) is 32.0. The van der Waals surface area contributed by atoms with Crippen LogP contribution in [0.25, 0.3) is 0 Å². The zero-order chi connectivity index (χ0) is 11.8. The summed E-state index contributed by atoms with van der Waals surface area (Å²) >= 11 is 0. The second-order valence-corrected chi connectivity index (χ2v) is 4.93. The minimum atomic E-state index is -1.22. The van der Waals surface area contributed by atoms with Crippen molar-refractivity contribution in [2.24, 2.45) is 11.1 Å². The number of carbonyl (C=O) groups is 1. The van der Waals surface area contributed by atoms with Crippen LogP contribution in [-0.4, -0.2) is 17.3 Å². The summed E-state index contributed by atoms with van der Waals surface area (Å²) in [7, 11) is 0. The Kier molecular flexibility index (Phi) is 4.81. The van der Waals surface area contributed by atoms with Gasteiger partial charge in [-0.2, -0.15) is 0 Å². The fourth-order valence-electron chi connectivity index (χ4n) is 2.40. The molecule has 0 N–H and O–H groups in total. The largest absolute Gasteiger partial charge is 1.00 e. The molecule has 1 aliphatic carbocycles. The summed E-state index contributed by atoms with van der Waals surface area (Å²) in [5, 5.41) is 14.3. The van der Waals surface area contributed by atoms with Gasteiger partial charge in [-0.25, -0.2) is 0 Å². The predicted octanol–water partition coefficient (Wildman–Crippen LogP) is -1.98. The Morgan fingerprint density at radius 2 is 2.35 bits per heavy atom. The molecule has 0 spiro atoms. The smallest absolute Gasteiger partial charge is 0.543 e. The van der Waals surface area contributed by atoms with E-state index in [4.69, 9.17) is 4.84 Å². The molecule has 2 aliphatic rings. The van der Waals surface area contributed by atoms with E-state index in [9.17, 15) is 9.90 Å². The maximum absolute atomic E-state index is 10.7. The molecule has 2 atom stereocenters. The van der Waals surface area contributed by atoms with Gasteiger partial charge in [-0.05, 0) is 33.1 Å². The summed E-state index contributed by atoms with van der Waals surface area (Å²) in [6, 6.07) is 0. The van der Waals surface area contributed by atoms with Gasteiger partial charge in [-0.3, -0.25) is 0 Å². The van der Waals surface area contributed by atoms with Gasteiger partial charge >= 0.3 is 29.6 Å². The third-order valence-electron chi connectivity index (χ3n) is 3.62. The number of allylic oxidation sites excluding steroid dienone is 2. The molecule has 0 saturated heterocycles. The van der Waals surface area contributed by atoms with Gasteiger partial charge in [0.15, 0.2) is 0 Å². The van der Waals surface area contributed by atoms with E-state index < -0.39 is 11.6 Å². The summed E-state index contributed by atoms with van der Waals surface area (Å²) < 4.78 is 0. The Morgan fingerprint density at radius 3 is 2.82 bits per heavy atom. The number of nitrogens with zero attached hydrogens (tertiary/aromatic N) is 1. The van der Waals surface area contributed by atoms with Gasteiger partial charge in [-0.1, -0.05) is 16.8 Å². The first-order valence-corrected chi connectivity index (χ1v) is 5.63. The van der Waals surface area contributed by atoms with Crippen LogP contribution >= 0.6 is 0 Å². The Morgan fingerprint density at radius 1 is 1.65 bits per heavy atom. The molecular weight excluding hydrogens is 229 g/mol. The average Bonchev–Trinajstić information content (AvgIpc) is 2.63. The topological polar surface area (TPSA) is 61.7 Å². The van der Waals surface area contributed by atoms with Crippen LogP contribution in [0.3, 0.4) is 0 Å². The van der Waals surface area contributed by atoms with Crippen LogP contribution in [0, 0.1) is 5.92 Å². The number of hydrogen-bond acceptors (Lipinski definition) is 4. The zero-order valence-corrected chi connectivity index (χ0v) is 12.7. The summed E-state index contributed by atoms with van der Waals surface area (Å²) in [6.07, 6.45) is 5.60. The van der Waals surface area contributed by atoms with Crippen LogP contribution in [-0.2, 0) is 9.63 Å². The van der Waals surface area contributed by atoms with E-state index in [1.54, 1.807) is 0 Å². The van der Waals surface area contributed by atoms with Gasteiger partial charge in [0.1, 0.15) is 11.3 Å². The fraction of sp³-hybridized carbons (Fsp3) is 0.667. The molecule has 1 aliphatic heterocycles. The van der Waals surface area contributed by atoms with Crippen LogP contribution in [0.1, 0.15) is 39.5 Å². The van der Waals surface area contributed by atoms with Crippen LogP contribution < -0.4 is 34.7 Å². The molecule has 0 aromatic heterocycles. The molecule has 4 nitrogen and oxygen atoms in total. The molecule has 5 heteroatoms. The predicted molar refractivity (Wildman–Crippen MR) is 57.6 cm³/mol. The standard InChI is InChI=1S/C12H17NO3.Na/c1-8-3-5-9(6-4-8)12(2)7-10(11(14)15)13-16-12;/h3,9H,4-7H2,1-2H3,(H,14,15);/q;+1/p-1/t9-,12?;/m1./s1. The Balaban J connectivity index is 0.00000144. The van der Waals surface area contributed by atoms with E-state index in [-0.39, 0.29) is 35.3 Å². The molecule has 0 fully saturated rings. The van der Waals surface area contributed by atoms with E-state index >= 15 is 0 Å². The average molecular weight is 245 g/mol. The quantitative estimate of drug-likeness (QED) is 0.418. The van der Waals surface area contributed by atoms with Gasteiger partial charge in [-0.15, -0.1) is 0 Å². The fourth-order valence-corrected chi connectivity index (χ4v) is 2.40. The SMILES string of the molecule is CC1=CC[C@@H](C2(C)CC(C(=O)[O-])=NO2)CC1.[Na+]. The molecule has 0 bridgehead atoms. The maximum Gasteiger partial charge on any atom is 1.00 e. The molecule has 0 radical (unpaired) electrons. The second kappa shape index (κ2) is 5.55. The summed E-state index contributed by atoms with van der Waals surface area (Å²) in [5.41, 5.74) is 0.972. The summed E-state index contributed by atoms with van der Waals surface area (Å²) in [5.74, 6) is -0.872. The molecule has 2 rings (SSSR count). The number of carbonyl (C=O) groups excluding carboxylic acids is 1. The van der Waals surface area contributed by atoms with E-state index in [0.29, 0.717) is 12.3 Å². The number of rotatable bonds is 2. The molecule has 17 heavy (non-hydrogen) atoms. The third-order valence-corrected chi connectivity index (χ3v) is 3.62. The Bertz CT molecular complexity index is 378. The van der Waals surface area contributed by atoms with Crippen LogP contribution in [0.4, 0.5) is 0 Å². The first kappa shape index (κ1) is 14.7. The van der Waals surface area contributed by atoms with Crippen molar-refractivity contribution in [3.8, 4) is 0 Å². The van der Waals surface area contributed by atoms with Crippen molar-refractivity contribution in [1.82, 2.24) is 0 Å². The molecular formula is C12H16NNaO3. The zero-order valence-electron chi connectivity index (χ0n) is 10.7. The van der Waals surface area contributed by atoms with Gasteiger partial charge in [0.25, 0.3) is 0 Å². The Hall–Kier alpha value is -0.320. The molecule has 1 heterocycles. The molecule has 0 saturated carbocycles. The second-order valence-electron chi connectivity index (χ2n) is 4.93. The Labute approximate surface area is 123 Å². The van der Waals surface area contributed by atoms with Crippen molar-refractivity contribution in [2.75, 3.05) is 0 Å². The van der Waals surface area contributed by atoms with Gasteiger partial charge in [0.2, 0.25) is 0 Å². The van der Waals surface area contributed by atoms with Crippen LogP contribution in [0.2, 0.25) is 0 Å². The minimum Gasteiger partial charge on any atom is -0.543 e. The van der Waals surface area contributed by atoms with E-state index in [1.165, 1.54) is 5.57 Å². The van der Waals surface area contributed by atoms with Gasteiger partial charge in [0, 0.05) is 12.3 Å². The molecule has 88 valence electrons. The number of oxime groups is 1. The number of carboxylic acids is 1. The molecule has 0 aromatic rings. The number of aliphatic carboxylic acids is 1. The first-order valence-electron chi connectivity index (χ1n) is 5.63. The molecule has 0 amide bonds. The number of carboxylic acid groups (broad SMARTS) is 1. The van der Waals surface area contributed by atoms with Crippen molar-refractivity contribution in [3.05, 3.63) is 11.6 Å². The van der Waals surface area contributed by atoms with E-state index in [0.717, 1.165) is 19.3 Å². The van der Waals surface area contributed by atoms with Crippen molar-refractivity contribution in [3.63, 3.8) is 0 Å². The minimum absolute atomic E-state index is 0. The van der Waals surface area contributed by atoms with Crippen LogP contribution in [0.5, 0.6) is 0 Å². The van der Waals surface area contributed by atoms with Crippen molar-refractivity contribution in [1.29, 1.82) is 0 Å². The number of hydrogen-bond donors (Lipinski definition) is 0. The molecule has 1 unspecified atom stereocenters. The van der Waals surface area contributed by atoms with Crippen molar-refractivity contribution in [2.45, 2.75) is 45.1 Å². The van der Waals surface area contributed by atoms with E-state index in [1.807, 2.05) is 6.92 Å².